The van der Waals surface area contributed by atoms with Crippen molar-refractivity contribution in [2.75, 3.05) is 19.8 Å². The second-order valence-electron chi connectivity index (χ2n) is 4.89. The monoisotopic (exact) mass is 320 g/mol. The lowest BCUT2D eigenvalue weighted by atomic mass is 9.83. The summed E-state index contributed by atoms with van der Waals surface area (Å²) in [4.78, 5) is 24.6. The van der Waals surface area contributed by atoms with Gasteiger partial charge in [0.2, 0.25) is 0 Å². The van der Waals surface area contributed by atoms with Gasteiger partial charge in [0.15, 0.2) is 5.92 Å². The second kappa shape index (κ2) is 10.6. The lowest BCUT2D eigenvalue weighted by Gasteiger charge is -2.23. The Balaban J connectivity index is 3.16. The molecule has 5 nitrogen and oxygen atoms in total. The van der Waals surface area contributed by atoms with Crippen molar-refractivity contribution in [3.63, 3.8) is 0 Å². The van der Waals surface area contributed by atoms with E-state index in [0.717, 1.165) is 5.56 Å². The van der Waals surface area contributed by atoms with Crippen molar-refractivity contribution in [2.45, 2.75) is 26.2 Å². The van der Waals surface area contributed by atoms with Gasteiger partial charge in [-0.25, -0.2) is 0 Å². The minimum absolute atomic E-state index is 0.0923. The zero-order valence-corrected chi connectivity index (χ0v) is 13.6. The summed E-state index contributed by atoms with van der Waals surface area (Å²) in [5.41, 5.74) is 0.848. The Morgan fingerprint density at radius 3 is 2.09 bits per heavy atom. The van der Waals surface area contributed by atoms with Gasteiger partial charge in [0.05, 0.1) is 19.8 Å². The molecule has 1 aromatic rings. The van der Waals surface area contributed by atoms with Gasteiger partial charge in [0.25, 0.3) is 0 Å². The van der Waals surface area contributed by atoms with Crippen LogP contribution in [0.3, 0.4) is 0 Å². The first kappa shape index (κ1) is 18.9. The van der Waals surface area contributed by atoms with Crippen LogP contribution in [0.2, 0.25) is 0 Å². The molecule has 1 N–H and O–H groups in total. The molecule has 126 valence electrons. The van der Waals surface area contributed by atoms with Crippen LogP contribution in [-0.4, -0.2) is 36.9 Å². The predicted molar refractivity (Wildman–Crippen MR) is 86.8 cm³/mol. The van der Waals surface area contributed by atoms with Gasteiger partial charge >= 0.3 is 11.9 Å². The summed E-state index contributed by atoms with van der Waals surface area (Å²) in [6.45, 7) is 3.70. The molecule has 0 aromatic heterocycles. The van der Waals surface area contributed by atoms with Crippen LogP contribution in [0.25, 0.3) is 0 Å². The fourth-order valence-corrected chi connectivity index (χ4v) is 2.37. The number of allylic oxidation sites excluding steroid dienone is 1. The summed E-state index contributed by atoms with van der Waals surface area (Å²) in [6, 6.07) is 9.30. The van der Waals surface area contributed by atoms with Gasteiger partial charge in [-0.1, -0.05) is 42.5 Å². The molecular formula is C18H24O5. The SMILES string of the molecule is CCOC(=O)C(C(=O)OCC)C(C/C=C/CO)c1ccccc1. The van der Waals surface area contributed by atoms with Gasteiger partial charge in [0, 0.05) is 5.92 Å². The maximum absolute atomic E-state index is 12.3. The van der Waals surface area contributed by atoms with E-state index < -0.39 is 23.8 Å². The fraction of sp³-hybridized carbons (Fsp3) is 0.444. The molecule has 0 saturated heterocycles. The molecular weight excluding hydrogens is 296 g/mol. The van der Waals surface area contributed by atoms with E-state index in [4.69, 9.17) is 14.6 Å². The summed E-state index contributed by atoms with van der Waals surface area (Å²) in [5, 5.41) is 8.91. The third kappa shape index (κ3) is 5.87. The van der Waals surface area contributed by atoms with Crippen molar-refractivity contribution in [3.8, 4) is 0 Å². The molecule has 1 aromatic carbocycles. The number of carbonyl (C=O) groups excluding carboxylic acids is 2. The summed E-state index contributed by atoms with van der Waals surface area (Å²) in [6.07, 6.45) is 3.76. The zero-order valence-electron chi connectivity index (χ0n) is 13.6. The number of hydrogen-bond donors (Lipinski definition) is 1. The fourth-order valence-electron chi connectivity index (χ4n) is 2.37. The molecule has 0 saturated carbocycles. The predicted octanol–water partition coefficient (Wildman–Crippen LogP) is 2.45. The topological polar surface area (TPSA) is 72.8 Å². The summed E-state index contributed by atoms with van der Waals surface area (Å²) in [7, 11) is 0. The molecule has 0 fully saturated rings. The number of aliphatic hydroxyl groups is 1. The summed E-state index contributed by atoms with van der Waals surface area (Å²) in [5.74, 6) is -2.60. The van der Waals surface area contributed by atoms with Crippen LogP contribution in [-0.2, 0) is 19.1 Å². The molecule has 0 radical (unpaired) electrons. The highest BCUT2D eigenvalue weighted by atomic mass is 16.6. The number of hydrogen-bond acceptors (Lipinski definition) is 5. The molecule has 0 bridgehead atoms. The Morgan fingerprint density at radius 1 is 1.04 bits per heavy atom. The van der Waals surface area contributed by atoms with Crippen LogP contribution in [0.1, 0.15) is 31.7 Å². The van der Waals surface area contributed by atoms with Crippen molar-refractivity contribution in [3.05, 3.63) is 48.0 Å². The maximum Gasteiger partial charge on any atom is 0.320 e. The number of carbonyl (C=O) groups is 2. The van der Waals surface area contributed by atoms with E-state index in [1.165, 1.54) is 0 Å². The van der Waals surface area contributed by atoms with Crippen LogP contribution in [0.5, 0.6) is 0 Å². The highest BCUT2D eigenvalue weighted by molar-refractivity contribution is 5.96. The van der Waals surface area contributed by atoms with E-state index in [9.17, 15) is 9.59 Å². The third-order valence-electron chi connectivity index (χ3n) is 3.37. The first-order valence-corrected chi connectivity index (χ1v) is 7.79. The lowest BCUT2D eigenvalue weighted by Crippen LogP contribution is -2.33. The quantitative estimate of drug-likeness (QED) is 0.430. The highest BCUT2D eigenvalue weighted by Crippen LogP contribution is 2.31. The average Bonchev–Trinajstić information content (AvgIpc) is 2.55. The molecule has 0 aliphatic rings. The normalized spacial score (nSPS) is 12.3. The number of benzene rings is 1. The van der Waals surface area contributed by atoms with Crippen LogP contribution in [0, 0.1) is 5.92 Å². The van der Waals surface area contributed by atoms with E-state index in [1.54, 1.807) is 26.0 Å². The Bertz CT molecular complexity index is 491. The molecule has 0 aliphatic carbocycles. The Labute approximate surface area is 136 Å². The Morgan fingerprint density at radius 2 is 1.61 bits per heavy atom. The molecule has 1 rings (SSSR count). The number of ether oxygens (including phenoxy) is 2. The number of esters is 2. The lowest BCUT2D eigenvalue weighted by molar-refractivity contribution is -0.162. The first-order chi connectivity index (χ1) is 11.2. The van der Waals surface area contributed by atoms with E-state index in [2.05, 4.69) is 0 Å². The van der Waals surface area contributed by atoms with Gasteiger partial charge in [0.1, 0.15) is 0 Å². The van der Waals surface area contributed by atoms with E-state index in [-0.39, 0.29) is 19.8 Å². The van der Waals surface area contributed by atoms with Gasteiger partial charge in [-0.05, 0) is 25.8 Å². The van der Waals surface area contributed by atoms with E-state index >= 15 is 0 Å². The molecule has 0 spiro atoms. The number of aliphatic hydroxyl groups excluding tert-OH is 1. The van der Waals surface area contributed by atoms with Gasteiger partial charge in [-0.15, -0.1) is 0 Å². The van der Waals surface area contributed by atoms with Gasteiger partial charge in [-0.2, -0.15) is 0 Å². The molecule has 0 heterocycles. The molecule has 0 aliphatic heterocycles. The van der Waals surface area contributed by atoms with Crippen LogP contribution < -0.4 is 0 Å². The van der Waals surface area contributed by atoms with Crippen molar-refractivity contribution < 1.29 is 24.2 Å². The maximum atomic E-state index is 12.3. The van der Waals surface area contributed by atoms with Crippen molar-refractivity contribution in [1.29, 1.82) is 0 Å². The number of rotatable bonds is 9. The summed E-state index contributed by atoms with van der Waals surface area (Å²) < 4.78 is 10.1. The summed E-state index contributed by atoms with van der Waals surface area (Å²) >= 11 is 0. The van der Waals surface area contributed by atoms with Crippen LogP contribution in [0.15, 0.2) is 42.5 Å². The minimum Gasteiger partial charge on any atom is -0.465 e. The Hall–Kier alpha value is -2.14. The van der Waals surface area contributed by atoms with Gasteiger partial charge < -0.3 is 14.6 Å². The smallest absolute Gasteiger partial charge is 0.320 e. The standard InChI is InChI=1S/C18H24O5/c1-3-22-17(20)16(18(21)23-4-2)15(12-8-9-13-19)14-10-6-5-7-11-14/h5-11,15-16,19H,3-4,12-13H2,1-2H3/b9-8+. The van der Waals surface area contributed by atoms with E-state index in [0.29, 0.717) is 6.42 Å². The van der Waals surface area contributed by atoms with Crippen LogP contribution in [0.4, 0.5) is 0 Å². The first-order valence-electron chi connectivity index (χ1n) is 7.79. The third-order valence-corrected chi connectivity index (χ3v) is 3.37. The Kier molecular flexibility index (Phi) is 8.68. The van der Waals surface area contributed by atoms with E-state index in [1.807, 2.05) is 30.3 Å². The molecule has 1 atom stereocenters. The minimum atomic E-state index is -1.03. The second-order valence-corrected chi connectivity index (χ2v) is 4.89. The van der Waals surface area contributed by atoms with Crippen molar-refractivity contribution >= 4 is 11.9 Å². The molecule has 23 heavy (non-hydrogen) atoms. The van der Waals surface area contributed by atoms with Gasteiger partial charge in [-0.3, -0.25) is 9.59 Å². The van der Waals surface area contributed by atoms with Crippen molar-refractivity contribution in [2.24, 2.45) is 5.92 Å². The highest BCUT2D eigenvalue weighted by Gasteiger charge is 2.37. The molecule has 0 amide bonds. The molecule has 5 heteroatoms. The molecule has 1 unspecified atom stereocenters. The zero-order chi connectivity index (χ0) is 17.1. The average molecular weight is 320 g/mol. The largest absolute Gasteiger partial charge is 0.465 e. The van der Waals surface area contributed by atoms with Crippen molar-refractivity contribution in [1.82, 2.24) is 0 Å². The van der Waals surface area contributed by atoms with Crippen LogP contribution >= 0.6 is 0 Å².